The normalized spacial score (nSPS) is 11.6. The average molecular weight is 423 g/mol. The third kappa shape index (κ3) is 4.59. The smallest absolute Gasteiger partial charge is 0.236 e. The number of aromatic nitrogens is 1. The number of nitriles is 1. The van der Waals surface area contributed by atoms with Gasteiger partial charge in [0, 0.05) is 12.6 Å². The Hall–Kier alpha value is -4.06. The highest BCUT2D eigenvalue weighted by Crippen LogP contribution is 2.35. The Morgan fingerprint density at radius 3 is 2.71 bits per heavy atom. The zero-order chi connectivity index (χ0) is 21.6. The van der Waals surface area contributed by atoms with Crippen LogP contribution in [0.5, 0.6) is 28.7 Å². The Morgan fingerprint density at radius 1 is 1.06 bits per heavy atom. The molecule has 9 heteroatoms. The summed E-state index contributed by atoms with van der Waals surface area (Å²) < 4.78 is 32.5. The van der Waals surface area contributed by atoms with Crippen LogP contribution in [0.4, 0.5) is 5.88 Å². The van der Waals surface area contributed by atoms with Crippen LogP contribution < -0.4 is 29.0 Å². The van der Waals surface area contributed by atoms with Crippen LogP contribution in [0.1, 0.15) is 17.1 Å². The van der Waals surface area contributed by atoms with Crippen LogP contribution in [0.2, 0.25) is 0 Å². The monoisotopic (exact) mass is 423 g/mol. The Morgan fingerprint density at radius 2 is 1.90 bits per heavy atom. The van der Waals surface area contributed by atoms with Crippen molar-refractivity contribution in [2.45, 2.75) is 13.0 Å². The van der Waals surface area contributed by atoms with Gasteiger partial charge in [-0.25, -0.2) is 0 Å². The lowest BCUT2D eigenvalue weighted by atomic mass is 10.1. The number of ether oxygens (including phenoxy) is 5. The van der Waals surface area contributed by atoms with Gasteiger partial charge < -0.3 is 33.4 Å². The van der Waals surface area contributed by atoms with Crippen LogP contribution in [0.15, 0.2) is 40.8 Å². The number of fused-ring (bicyclic) bond motifs is 1. The SMILES string of the molecule is COc1ccc(CCNc2oc(COc3ccc4c(c3)OCO4)nc2C#N)cc1OC. The molecule has 0 aliphatic carbocycles. The van der Waals surface area contributed by atoms with Crippen molar-refractivity contribution in [3.05, 3.63) is 53.5 Å². The summed E-state index contributed by atoms with van der Waals surface area (Å²) in [6, 6.07) is 13.0. The standard InChI is InChI=1S/C22H21N3O6/c1-26-17-5-3-14(9-19(17)27-2)7-8-24-22-16(11-23)25-21(31-22)12-28-15-4-6-18-20(10-15)30-13-29-18/h3-6,9-10,24H,7-8,12-13H2,1-2H3. The van der Waals surface area contributed by atoms with E-state index in [1.54, 1.807) is 32.4 Å². The summed E-state index contributed by atoms with van der Waals surface area (Å²) >= 11 is 0. The van der Waals surface area contributed by atoms with E-state index >= 15 is 0 Å². The molecule has 1 aliphatic heterocycles. The molecule has 0 amide bonds. The molecule has 31 heavy (non-hydrogen) atoms. The van der Waals surface area contributed by atoms with Crippen LogP contribution in [0.3, 0.4) is 0 Å². The number of methoxy groups -OCH3 is 2. The summed E-state index contributed by atoms with van der Waals surface area (Å²) in [7, 11) is 3.20. The van der Waals surface area contributed by atoms with Gasteiger partial charge in [-0.1, -0.05) is 6.07 Å². The van der Waals surface area contributed by atoms with Gasteiger partial charge in [0.25, 0.3) is 0 Å². The molecule has 2 heterocycles. The van der Waals surface area contributed by atoms with E-state index in [1.165, 1.54) is 0 Å². The highest BCUT2D eigenvalue weighted by atomic mass is 16.7. The highest BCUT2D eigenvalue weighted by molar-refractivity contribution is 5.48. The van der Waals surface area contributed by atoms with Crippen molar-refractivity contribution in [1.82, 2.24) is 4.98 Å². The van der Waals surface area contributed by atoms with E-state index in [4.69, 9.17) is 28.1 Å². The number of nitrogens with one attached hydrogen (secondary N) is 1. The first-order chi connectivity index (χ1) is 15.2. The second-order valence-corrected chi connectivity index (χ2v) is 6.57. The number of hydrogen-bond donors (Lipinski definition) is 1. The molecule has 0 saturated carbocycles. The lowest BCUT2D eigenvalue weighted by molar-refractivity contribution is 0.173. The van der Waals surface area contributed by atoms with E-state index in [0.717, 1.165) is 5.56 Å². The van der Waals surface area contributed by atoms with Crippen LogP contribution in [0, 0.1) is 11.3 Å². The summed E-state index contributed by atoms with van der Waals surface area (Å²) in [5, 5.41) is 12.5. The predicted molar refractivity (Wildman–Crippen MR) is 110 cm³/mol. The van der Waals surface area contributed by atoms with Crippen molar-refractivity contribution < 1.29 is 28.1 Å². The second-order valence-electron chi connectivity index (χ2n) is 6.57. The molecule has 0 radical (unpaired) electrons. The fourth-order valence-corrected chi connectivity index (χ4v) is 3.09. The van der Waals surface area contributed by atoms with Crippen molar-refractivity contribution in [2.24, 2.45) is 0 Å². The van der Waals surface area contributed by atoms with Gasteiger partial charge in [0.15, 0.2) is 29.6 Å². The van der Waals surface area contributed by atoms with Crippen LogP contribution in [-0.2, 0) is 13.0 Å². The summed E-state index contributed by atoms with van der Waals surface area (Å²) in [6.07, 6.45) is 0.689. The maximum atomic E-state index is 9.35. The lowest BCUT2D eigenvalue weighted by Gasteiger charge is -2.09. The topological polar surface area (TPSA) is 108 Å². The minimum atomic E-state index is 0.0751. The second kappa shape index (κ2) is 9.17. The van der Waals surface area contributed by atoms with Crippen molar-refractivity contribution in [3.8, 4) is 34.8 Å². The van der Waals surface area contributed by atoms with Crippen molar-refractivity contribution in [1.29, 1.82) is 5.26 Å². The molecule has 0 saturated heterocycles. The van der Waals surface area contributed by atoms with Gasteiger partial charge >= 0.3 is 0 Å². The molecule has 4 rings (SSSR count). The van der Waals surface area contributed by atoms with Gasteiger partial charge in [-0.3, -0.25) is 0 Å². The summed E-state index contributed by atoms with van der Waals surface area (Å²) in [6.45, 7) is 0.815. The number of rotatable bonds is 9. The quantitative estimate of drug-likeness (QED) is 0.553. The largest absolute Gasteiger partial charge is 0.493 e. The number of anilines is 1. The zero-order valence-electron chi connectivity index (χ0n) is 17.1. The summed E-state index contributed by atoms with van der Waals surface area (Å²) in [5.74, 6) is 3.84. The fraction of sp³-hybridized carbons (Fsp3) is 0.273. The molecule has 1 N–H and O–H groups in total. The molecular weight excluding hydrogens is 402 g/mol. The summed E-state index contributed by atoms with van der Waals surface area (Å²) in [4.78, 5) is 4.18. The third-order valence-corrected chi connectivity index (χ3v) is 4.63. The highest BCUT2D eigenvalue weighted by Gasteiger charge is 2.16. The van der Waals surface area contributed by atoms with Crippen LogP contribution in [-0.4, -0.2) is 32.5 Å². The van der Waals surface area contributed by atoms with Crippen LogP contribution in [0.25, 0.3) is 0 Å². The summed E-state index contributed by atoms with van der Waals surface area (Å²) in [5.41, 5.74) is 1.23. The van der Waals surface area contributed by atoms with Gasteiger partial charge in [-0.15, -0.1) is 0 Å². The van der Waals surface area contributed by atoms with E-state index in [-0.39, 0.29) is 19.1 Å². The minimum Gasteiger partial charge on any atom is -0.493 e. The zero-order valence-corrected chi connectivity index (χ0v) is 17.1. The van der Waals surface area contributed by atoms with Crippen molar-refractivity contribution >= 4 is 5.88 Å². The van der Waals surface area contributed by atoms with Crippen LogP contribution >= 0.6 is 0 Å². The van der Waals surface area contributed by atoms with Crippen molar-refractivity contribution in [2.75, 3.05) is 32.9 Å². The molecule has 1 aromatic heterocycles. The Bertz CT molecular complexity index is 1110. The molecular formula is C22H21N3O6. The number of hydrogen-bond acceptors (Lipinski definition) is 9. The van der Waals surface area contributed by atoms with Gasteiger partial charge in [-0.05, 0) is 36.2 Å². The Labute approximate surface area is 179 Å². The van der Waals surface area contributed by atoms with Gasteiger partial charge in [0.05, 0.1) is 14.2 Å². The maximum Gasteiger partial charge on any atom is 0.236 e. The van der Waals surface area contributed by atoms with Gasteiger partial charge in [0.2, 0.25) is 24.3 Å². The number of benzene rings is 2. The van der Waals surface area contributed by atoms with E-state index in [1.807, 2.05) is 24.3 Å². The van der Waals surface area contributed by atoms with Gasteiger partial charge in [0.1, 0.15) is 11.8 Å². The molecule has 3 aromatic rings. The fourth-order valence-electron chi connectivity index (χ4n) is 3.09. The minimum absolute atomic E-state index is 0.0751. The van der Waals surface area contributed by atoms with E-state index in [9.17, 15) is 5.26 Å². The predicted octanol–water partition coefficient (Wildman–Crippen LogP) is 3.53. The van der Waals surface area contributed by atoms with E-state index < -0.39 is 0 Å². The molecule has 160 valence electrons. The third-order valence-electron chi connectivity index (χ3n) is 4.63. The molecule has 0 unspecified atom stereocenters. The molecule has 9 nitrogen and oxygen atoms in total. The average Bonchev–Trinajstić information content (AvgIpc) is 3.43. The van der Waals surface area contributed by atoms with Gasteiger partial charge in [-0.2, -0.15) is 10.2 Å². The number of oxazole rings is 1. The maximum absolute atomic E-state index is 9.35. The van der Waals surface area contributed by atoms with E-state index in [2.05, 4.69) is 10.3 Å². The van der Waals surface area contributed by atoms with E-state index in [0.29, 0.717) is 53.5 Å². The first kappa shape index (κ1) is 20.2. The number of nitrogens with zero attached hydrogens (tertiary/aromatic N) is 2. The first-order valence-corrected chi connectivity index (χ1v) is 9.57. The van der Waals surface area contributed by atoms with Crippen molar-refractivity contribution in [3.63, 3.8) is 0 Å². The Balaban J connectivity index is 1.35. The lowest BCUT2D eigenvalue weighted by Crippen LogP contribution is -2.05. The molecule has 0 bridgehead atoms. The molecule has 0 fully saturated rings. The Kier molecular flexibility index (Phi) is 5.98. The molecule has 0 atom stereocenters. The molecule has 0 spiro atoms. The molecule has 2 aromatic carbocycles. The molecule has 1 aliphatic rings. The first-order valence-electron chi connectivity index (χ1n) is 9.57.